The van der Waals surface area contributed by atoms with Crippen molar-refractivity contribution in [3.05, 3.63) is 29.8 Å². The van der Waals surface area contributed by atoms with Gasteiger partial charge in [0.2, 0.25) is 5.91 Å². The summed E-state index contributed by atoms with van der Waals surface area (Å²) in [4.78, 5) is 18.9. The van der Waals surface area contributed by atoms with Gasteiger partial charge in [0.15, 0.2) is 5.96 Å². The van der Waals surface area contributed by atoms with E-state index in [1.165, 1.54) is 0 Å². The lowest BCUT2D eigenvalue weighted by molar-refractivity contribution is -0.116. The lowest BCUT2D eigenvalue weighted by atomic mass is 10.1. The molecule has 2 rings (SSSR count). The Bertz CT molecular complexity index is 647. The summed E-state index contributed by atoms with van der Waals surface area (Å²) < 4.78 is 11.0. The van der Waals surface area contributed by atoms with Crippen LogP contribution in [0.5, 0.6) is 0 Å². The normalized spacial score (nSPS) is 14.8. The maximum absolute atomic E-state index is 11.7. The number of hydrogen-bond acceptors (Lipinski definition) is 4. The molecule has 1 aliphatic rings. The van der Waals surface area contributed by atoms with Crippen molar-refractivity contribution in [3.63, 3.8) is 0 Å². The first-order valence-electron chi connectivity index (χ1n) is 11.2. The number of likely N-dealkylation sites (tertiary alicyclic amines) is 1. The van der Waals surface area contributed by atoms with Crippen molar-refractivity contribution in [2.24, 2.45) is 4.99 Å². The second-order valence-electron chi connectivity index (χ2n) is 7.57. The zero-order valence-electron chi connectivity index (χ0n) is 19.2. The molecule has 1 fully saturated rings. The van der Waals surface area contributed by atoms with Crippen LogP contribution in [0.15, 0.2) is 29.3 Å². The second kappa shape index (κ2) is 16.3. The van der Waals surface area contributed by atoms with Gasteiger partial charge in [-0.25, -0.2) is 4.99 Å². The van der Waals surface area contributed by atoms with E-state index in [9.17, 15) is 4.79 Å². The number of ether oxygens (including phenoxy) is 2. The number of hydrogen-bond donors (Lipinski definition) is 2. The van der Waals surface area contributed by atoms with Crippen LogP contribution < -0.4 is 10.6 Å². The predicted octanol–water partition coefficient (Wildman–Crippen LogP) is 4.03. The molecular weight excluding hydrogens is 507 g/mol. The van der Waals surface area contributed by atoms with Crippen molar-refractivity contribution < 1.29 is 14.3 Å². The van der Waals surface area contributed by atoms with Crippen molar-refractivity contribution in [2.45, 2.75) is 58.6 Å². The number of methoxy groups -OCH3 is 1. The van der Waals surface area contributed by atoms with Gasteiger partial charge in [-0.3, -0.25) is 4.79 Å². The number of amides is 1. The summed E-state index contributed by atoms with van der Waals surface area (Å²) in [6.07, 6.45) is 4.71. The highest BCUT2D eigenvalue weighted by atomic mass is 127. The third-order valence-corrected chi connectivity index (χ3v) is 5.05. The zero-order valence-corrected chi connectivity index (χ0v) is 21.5. The molecule has 7 nitrogen and oxygen atoms in total. The summed E-state index contributed by atoms with van der Waals surface area (Å²) in [5.41, 5.74) is 1.95. The molecule has 2 N–H and O–H groups in total. The van der Waals surface area contributed by atoms with Gasteiger partial charge >= 0.3 is 0 Å². The Kier molecular flexibility index (Phi) is 14.5. The lowest BCUT2D eigenvalue weighted by Gasteiger charge is -2.34. The van der Waals surface area contributed by atoms with Crippen molar-refractivity contribution in [3.8, 4) is 0 Å². The van der Waals surface area contributed by atoms with Crippen LogP contribution in [0, 0.1) is 0 Å². The topological polar surface area (TPSA) is 75.2 Å². The molecule has 1 aromatic rings. The number of nitrogens with one attached hydrogen (secondary N) is 2. The van der Waals surface area contributed by atoms with Crippen molar-refractivity contribution >= 4 is 41.5 Å². The Hall–Kier alpha value is -1.39. The molecule has 8 heteroatoms. The van der Waals surface area contributed by atoms with E-state index in [2.05, 4.69) is 22.5 Å². The summed E-state index contributed by atoms with van der Waals surface area (Å²) in [7, 11) is 1.72. The molecule has 176 valence electrons. The molecule has 1 aromatic carbocycles. The van der Waals surface area contributed by atoms with Gasteiger partial charge in [-0.15, -0.1) is 24.0 Å². The third-order valence-electron chi connectivity index (χ3n) is 5.05. The summed E-state index contributed by atoms with van der Waals surface area (Å²) in [6, 6.07) is 7.93. The SMILES string of the molecule is CCCC(=O)Nc1ccc(CN=C(NCC)N2CCC(OCCCOC)CC2)cc1.I. The van der Waals surface area contributed by atoms with E-state index < -0.39 is 0 Å². The van der Waals surface area contributed by atoms with Gasteiger partial charge in [0.05, 0.1) is 12.6 Å². The van der Waals surface area contributed by atoms with Crippen LogP contribution in [0.1, 0.15) is 51.5 Å². The molecule has 0 aliphatic carbocycles. The van der Waals surface area contributed by atoms with Crippen molar-refractivity contribution in [2.75, 3.05) is 45.3 Å². The molecule has 1 saturated heterocycles. The van der Waals surface area contributed by atoms with E-state index in [0.717, 1.165) is 75.7 Å². The van der Waals surface area contributed by atoms with Gasteiger partial charge in [0, 0.05) is 52.1 Å². The average Bonchev–Trinajstić information content (AvgIpc) is 2.76. The van der Waals surface area contributed by atoms with Crippen LogP contribution in [0.4, 0.5) is 5.69 Å². The highest BCUT2D eigenvalue weighted by Crippen LogP contribution is 2.15. The number of halogens is 1. The molecule has 31 heavy (non-hydrogen) atoms. The van der Waals surface area contributed by atoms with E-state index in [1.54, 1.807) is 7.11 Å². The fourth-order valence-electron chi connectivity index (χ4n) is 3.42. The van der Waals surface area contributed by atoms with Crippen LogP contribution in [-0.4, -0.2) is 62.8 Å². The Morgan fingerprint density at radius 2 is 1.87 bits per heavy atom. The first-order chi connectivity index (χ1) is 14.7. The molecule has 0 unspecified atom stereocenters. The number of guanidine groups is 1. The second-order valence-corrected chi connectivity index (χ2v) is 7.57. The van der Waals surface area contributed by atoms with E-state index in [-0.39, 0.29) is 29.9 Å². The van der Waals surface area contributed by atoms with Gasteiger partial charge in [0.1, 0.15) is 0 Å². The average molecular weight is 546 g/mol. The van der Waals surface area contributed by atoms with E-state index in [0.29, 0.717) is 19.1 Å². The van der Waals surface area contributed by atoms with Crippen LogP contribution in [0.2, 0.25) is 0 Å². The maximum atomic E-state index is 11.7. The van der Waals surface area contributed by atoms with Crippen LogP contribution in [0.25, 0.3) is 0 Å². The first-order valence-corrected chi connectivity index (χ1v) is 11.2. The minimum atomic E-state index is 0. The molecule has 0 aromatic heterocycles. The van der Waals surface area contributed by atoms with Gasteiger partial charge < -0.3 is 25.0 Å². The molecule has 0 atom stereocenters. The Morgan fingerprint density at radius 3 is 2.48 bits per heavy atom. The van der Waals surface area contributed by atoms with Gasteiger partial charge in [0.25, 0.3) is 0 Å². The maximum Gasteiger partial charge on any atom is 0.224 e. The number of carbonyl (C=O) groups excluding carboxylic acids is 1. The van der Waals surface area contributed by atoms with Crippen molar-refractivity contribution in [1.82, 2.24) is 10.2 Å². The number of nitrogens with zero attached hydrogens (tertiary/aromatic N) is 2. The summed E-state index contributed by atoms with van der Waals surface area (Å²) >= 11 is 0. The molecule has 0 spiro atoms. The Morgan fingerprint density at radius 1 is 1.16 bits per heavy atom. The molecule has 0 saturated carbocycles. The summed E-state index contributed by atoms with van der Waals surface area (Å²) in [5.74, 6) is 1.01. The molecule has 0 bridgehead atoms. The monoisotopic (exact) mass is 546 g/mol. The molecule has 1 heterocycles. The quantitative estimate of drug-likeness (QED) is 0.190. The summed E-state index contributed by atoms with van der Waals surface area (Å²) in [5, 5.41) is 6.33. The highest BCUT2D eigenvalue weighted by molar-refractivity contribution is 14.0. The largest absolute Gasteiger partial charge is 0.385 e. The number of carbonyl (C=O) groups is 1. The standard InChI is InChI=1S/C23H38N4O3.HI/c1-4-7-22(28)26-20-10-8-19(9-11-20)18-25-23(24-5-2)27-14-12-21(13-15-27)30-17-6-16-29-3;/h8-11,21H,4-7,12-18H2,1-3H3,(H,24,25)(H,26,28);1H. The van der Waals surface area contributed by atoms with Crippen LogP contribution in [-0.2, 0) is 20.8 Å². The smallest absolute Gasteiger partial charge is 0.224 e. The van der Waals surface area contributed by atoms with Crippen LogP contribution >= 0.6 is 24.0 Å². The van der Waals surface area contributed by atoms with Crippen LogP contribution in [0.3, 0.4) is 0 Å². The minimum absolute atomic E-state index is 0. The highest BCUT2D eigenvalue weighted by Gasteiger charge is 2.21. The molecular formula is C23H39IN4O3. The van der Waals surface area contributed by atoms with Gasteiger partial charge in [-0.05, 0) is 50.3 Å². The minimum Gasteiger partial charge on any atom is -0.385 e. The van der Waals surface area contributed by atoms with Crippen molar-refractivity contribution in [1.29, 1.82) is 0 Å². The number of anilines is 1. The van der Waals surface area contributed by atoms with E-state index in [4.69, 9.17) is 14.5 Å². The number of aliphatic imine (C=N–C) groups is 1. The third kappa shape index (κ3) is 10.7. The van der Waals surface area contributed by atoms with Gasteiger partial charge in [-0.2, -0.15) is 0 Å². The summed E-state index contributed by atoms with van der Waals surface area (Å²) in [6.45, 7) is 8.96. The molecule has 0 radical (unpaired) electrons. The van der Waals surface area contributed by atoms with E-state index in [1.807, 2.05) is 31.2 Å². The predicted molar refractivity (Wildman–Crippen MR) is 137 cm³/mol. The zero-order chi connectivity index (χ0) is 21.6. The van der Waals surface area contributed by atoms with E-state index >= 15 is 0 Å². The lowest BCUT2D eigenvalue weighted by Crippen LogP contribution is -2.47. The Balaban J connectivity index is 0.00000480. The number of benzene rings is 1. The fraction of sp³-hybridized carbons (Fsp3) is 0.652. The number of rotatable bonds is 11. The van der Waals surface area contributed by atoms with Gasteiger partial charge in [-0.1, -0.05) is 19.1 Å². The molecule has 1 amide bonds. The Labute approximate surface area is 204 Å². The number of piperidine rings is 1. The fourth-order valence-corrected chi connectivity index (χ4v) is 3.42. The molecule has 1 aliphatic heterocycles. The first kappa shape index (κ1) is 27.6.